The monoisotopic (exact) mass is 438 g/mol. The maximum absolute atomic E-state index is 12.4. The summed E-state index contributed by atoms with van der Waals surface area (Å²) >= 11 is 11.9. The highest BCUT2D eigenvalue weighted by molar-refractivity contribution is 6.36. The van der Waals surface area contributed by atoms with Crippen LogP contribution < -0.4 is 15.8 Å². The van der Waals surface area contributed by atoms with Gasteiger partial charge in [-0.1, -0.05) is 30.1 Å². The van der Waals surface area contributed by atoms with Crippen LogP contribution in [0.5, 0.6) is 0 Å². The molecule has 11 heteroatoms. The number of hydrogen-bond acceptors (Lipinski definition) is 7. The number of nitro groups is 1. The summed E-state index contributed by atoms with van der Waals surface area (Å²) in [4.78, 5) is 33.7. The van der Waals surface area contributed by atoms with Gasteiger partial charge in [0.05, 0.1) is 15.5 Å². The Bertz CT molecular complexity index is 926. The lowest BCUT2D eigenvalue weighted by Gasteiger charge is -2.35. The quantitative estimate of drug-likeness (QED) is 0.512. The molecule has 1 aromatic carbocycles. The summed E-state index contributed by atoms with van der Waals surface area (Å²) in [6.07, 6.45) is 5.07. The molecule has 1 aliphatic rings. The smallest absolute Gasteiger partial charge is 0.348 e. The zero-order valence-electron chi connectivity index (χ0n) is 15.7. The first-order chi connectivity index (χ1) is 13.9. The SMILES string of the molecule is CCC1CCCCN1c1ncnc(NNC(=O)c2ccc(Cl)cc2Cl)c1[N+](=O)[O-]. The Balaban J connectivity index is 1.86. The first-order valence-corrected chi connectivity index (χ1v) is 9.95. The maximum Gasteiger partial charge on any atom is 0.355 e. The van der Waals surface area contributed by atoms with Crippen LogP contribution in [0.1, 0.15) is 43.0 Å². The average Bonchev–Trinajstić information content (AvgIpc) is 2.71. The summed E-state index contributed by atoms with van der Waals surface area (Å²) < 4.78 is 0. The molecule has 9 nitrogen and oxygen atoms in total. The van der Waals surface area contributed by atoms with E-state index < -0.39 is 10.8 Å². The second-order valence-electron chi connectivity index (χ2n) is 6.61. The molecule has 29 heavy (non-hydrogen) atoms. The van der Waals surface area contributed by atoms with Gasteiger partial charge in [0, 0.05) is 17.6 Å². The highest BCUT2D eigenvalue weighted by Crippen LogP contribution is 2.35. The molecule has 0 spiro atoms. The molecule has 0 radical (unpaired) electrons. The van der Waals surface area contributed by atoms with Crippen molar-refractivity contribution in [1.82, 2.24) is 15.4 Å². The van der Waals surface area contributed by atoms with Crippen molar-refractivity contribution in [3.8, 4) is 0 Å². The third-order valence-corrected chi connectivity index (χ3v) is 5.37. The van der Waals surface area contributed by atoms with E-state index in [1.54, 1.807) is 0 Å². The van der Waals surface area contributed by atoms with E-state index in [9.17, 15) is 14.9 Å². The number of carbonyl (C=O) groups excluding carboxylic acids is 1. The largest absolute Gasteiger partial charge is 0.355 e. The van der Waals surface area contributed by atoms with Gasteiger partial charge in [0.1, 0.15) is 6.33 Å². The normalized spacial score (nSPS) is 16.4. The summed E-state index contributed by atoms with van der Waals surface area (Å²) in [6, 6.07) is 4.59. The minimum absolute atomic E-state index is 0.0983. The van der Waals surface area contributed by atoms with Crippen LogP contribution in [0.2, 0.25) is 10.0 Å². The molecule has 2 aromatic rings. The summed E-state index contributed by atoms with van der Waals surface area (Å²) in [7, 11) is 0. The van der Waals surface area contributed by atoms with Crippen LogP contribution in [0.15, 0.2) is 24.5 Å². The highest BCUT2D eigenvalue weighted by Gasteiger charge is 2.32. The number of anilines is 2. The molecule has 1 fully saturated rings. The van der Waals surface area contributed by atoms with E-state index in [-0.39, 0.29) is 34.0 Å². The molecule has 0 aliphatic carbocycles. The minimum Gasteiger partial charge on any atom is -0.348 e. The standard InChI is InChI=1S/C18H20Cl2N6O3/c1-2-12-5-3-4-8-25(12)17-15(26(28)29)16(21-10-22-17)23-24-18(27)13-7-6-11(19)9-14(13)20/h6-7,9-10,12H,2-5,8H2,1H3,(H,24,27)(H,21,22,23). The number of nitrogens with one attached hydrogen (secondary N) is 2. The van der Waals surface area contributed by atoms with E-state index in [1.807, 2.05) is 11.8 Å². The first kappa shape index (κ1) is 21.1. The van der Waals surface area contributed by atoms with Crippen molar-refractivity contribution in [3.63, 3.8) is 0 Å². The van der Waals surface area contributed by atoms with Crippen LogP contribution in [0.4, 0.5) is 17.3 Å². The molecule has 1 amide bonds. The Morgan fingerprint density at radius 1 is 1.34 bits per heavy atom. The van der Waals surface area contributed by atoms with Crippen molar-refractivity contribution < 1.29 is 9.72 Å². The van der Waals surface area contributed by atoms with Crippen LogP contribution in [0, 0.1) is 10.1 Å². The van der Waals surface area contributed by atoms with Crippen LogP contribution in [-0.4, -0.2) is 33.4 Å². The molecular formula is C18H20Cl2N6O3. The van der Waals surface area contributed by atoms with Gasteiger partial charge >= 0.3 is 5.69 Å². The number of benzene rings is 1. The van der Waals surface area contributed by atoms with Crippen LogP contribution in [0.25, 0.3) is 0 Å². The lowest BCUT2D eigenvalue weighted by Crippen LogP contribution is -2.40. The number of hydrogen-bond donors (Lipinski definition) is 2. The average molecular weight is 439 g/mol. The van der Waals surface area contributed by atoms with Crippen molar-refractivity contribution >= 4 is 46.4 Å². The molecule has 2 heterocycles. The number of amides is 1. The van der Waals surface area contributed by atoms with Crippen LogP contribution in [0.3, 0.4) is 0 Å². The van der Waals surface area contributed by atoms with Crippen molar-refractivity contribution in [2.45, 2.75) is 38.6 Å². The Hall–Kier alpha value is -2.65. The molecule has 3 rings (SSSR count). The zero-order valence-corrected chi connectivity index (χ0v) is 17.2. The molecule has 2 N–H and O–H groups in total. The van der Waals surface area contributed by atoms with Gasteiger partial charge in [-0.2, -0.15) is 0 Å². The molecule has 1 atom stereocenters. The van der Waals surface area contributed by atoms with Gasteiger partial charge in [-0.15, -0.1) is 0 Å². The van der Waals surface area contributed by atoms with E-state index in [0.29, 0.717) is 11.6 Å². The number of halogens is 2. The number of carbonyl (C=O) groups is 1. The van der Waals surface area contributed by atoms with Gasteiger partial charge in [0.15, 0.2) is 0 Å². The highest BCUT2D eigenvalue weighted by atomic mass is 35.5. The molecule has 1 unspecified atom stereocenters. The molecule has 1 aliphatic heterocycles. The Labute approximate surface area is 177 Å². The topological polar surface area (TPSA) is 113 Å². The number of nitrogens with zero attached hydrogens (tertiary/aromatic N) is 4. The Morgan fingerprint density at radius 3 is 2.83 bits per heavy atom. The summed E-state index contributed by atoms with van der Waals surface area (Å²) in [6.45, 7) is 2.73. The molecule has 0 bridgehead atoms. The van der Waals surface area contributed by atoms with Gasteiger partial charge in [0.25, 0.3) is 5.91 Å². The lowest BCUT2D eigenvalue weighted by atomic mass is 10.00. The second kappa shape index (κ2) is 9.23. The van der Waals surface area contributed by atoms with Gasteiger partial charge in [-0.3, -0.25) is 25.8 Å². The molecule has 1 saturated heterocycles. The number of aromatic nitrogens is 2. The van der Waals surface area contributed by atoms with Crippen LogP contribution in [-0.2, 0) is 0 Å². The van der Waals surface area contributed by atoms with Crippen molar-refractivity contribution in [1.29, 1.82) is 0 Å². The van der Waals surface area contributed by atoms with Gasteiger partial charge in [0.2, 0.25) is 11.6 Å². The van der Waals surface area contributed by atoms with E-state index in [0.717, 1.165) is 25.7 Å². The maximum atomic E-state index is 12.4. The third kappa shape index (κ3) is 4.68. The predicted octanol–water partition coefficient (Wildman–Crippen LogP) is 4.22. The second-order valence-corrected chi connectivity index (χ2v) is 7.45. The number of piperidine rings is 1. The van der Waals surface area contributed by atoms with Gasteiger partial charge in [-0.05, 0) is 43.9 Å². The van der Waals surface area contributed by atoms with Crippen molar-refractivity contribution in [3.05, 3.63) is 50.2 Å². The Kier molecular flexibility index (Phi) is 6.71. The van der Waals surface area contributed by atoms with Gasteiger partial charge in [-0.25, -0.2) is 9.97 Å². The lowest BCUT2D eigenvalue weighted by molar-refractivity contribution is -0.383. The predicted molar refractivity (Wildman–Crippen MR) is 112 cm³/mol. The summed E-state index contributed by atoms with van der Waals surface area (Å²) in [5.74, 6) is -0.428. The minimum atomic E-state index is -0.578. The fourth-order valence-electron chi connectivity index (χ4n) is 3.40. The molecule has 1 aromatic heterocycles. The van der Waals surface area contributed by atoms with E-state index in [2.05, 4.69) is 20.8 Å². The summed E-state index contributed by atoms with van der Waals surface area (Å²) in [5.41, 5.74) is 4.82. The molecular weight excluding hydrogens is 419 g/mol. The first-order valence-electron chi connectivity index (χ1n) is 9.19. The van der Waals surface area contributed by atoms with Crippen molar-refractivity contribution in [2.75, 3.05) is 16.9 Å². The van der Waals surface area contributed by atoms with E-state index in [1.165, 1.54) is 24.5 Å². The molecule has 154 valence electrons. The molecule has 0 saturated carbocycles. The fraction of sp³-hybridized carbons (Fsp3) is 0.389. The number of hydrazine groups is 1. The zero-order chi connectivity index (χ0) is 21.0. The van der Waals surface area contributed by atoms with Crippen LogP contribution >= 0.6 is 23.2 Å². The van der Waals surface area contributed by atoms with Crippen molar-refractivity contribution in [2.24, 2.45) is 0 Å². The third-order valence-electron chi connectivity index (χ3n) is 4.83. The fourth-order valence-corrected chi connectivity index (χ4v) is 3.89. The van der Waals surface area contributed by atoms with E-state index in [4.69, 9.17) is 23.2 Å². The van der Waals surface area contributed by atoms with E-state index >= 15 is 0 Å². The summed E-state index contributed by atoms with van der Waals surface area (Å²) in [5, 5.41) is 12.3. The Morgan fingerprint density at radius 2 is 2.14 bits per heavy atom. The number of rotatable bonds is 6. The van der Waals surface area contributed by atoms with Gasteiger partial charge < -0.3 is 4.90 Å².